The molecular formula is C18H20F3N3. The van der Waals surface area contributed by atoms with E-state index in [1.807, 2.05) is 12.1 Å². The summed E-state index contributed by atoms with van der Waals surface area (Å²) in [5.41, 5.74) is 1.38. The molecule has 1 aromatic heterocycles. The highest BCUT2D eigenvalue weighted by atomic mass is 19.4. The first kappa shape index (κ1) is 16.9. The quantitative estimate of drug-likeness (QED) is 0.853. The van der Waals surface area contributed by atoms with Gasteiger partial charge >= 0.3 is 6.18 Å². The molecule has 0 aliphatic carbocycles. The van der Waals surface area contributed by atoms with Crippen LogP contribution in [0.2, 0.25) is 0 Å². The van der Waals surface area contributed by atoms with Gasteiger partial charge in [0.2, 0.25) is 0 Å². The van der Waals surface area contributed by atoms with Crippen LogP contribution < -0.4 is 0 Å². The summed E-state index contributed by atoms with van der Waals surface area (Å²) in [6, 6.07) is 9.64. The number of halogens is 3. The van der Waals surface area contributed by atoms with Crippen molar-refractivity contribution in [3.05, 3.63) is 65.5 Å². The summed E-state index contributed by atoms with van der Waals surface area (Å²) in [5.74, 6) is 0. The molecule has 0 atom stereocenters. The number of hydrogen-bond donors (Lipinski definition) is 0. The number of alkyl halides is 3. The van der Waals surface area contributed by atoms with E-state index in [0.29, 0.717) is 12.1 Å². The van der Waals surface area contributed by atoms with Crippen LogP contribution in [-0.4, -0.2) is 41.0 Å². The molecule has 0 saturated carbocycles. The molecule has 0 radical (unpaired) electrons. The fourth-order valence-corrected chi connectivity index (χ4v) is 2.96. The molecule has 3 nitrogen and oxygen atoms in total. The largest absolute Gasteiger partial charge is 0.416 e. The number of nitrogens with zero attached hydrogens (tertiary/aromatic N) is 3. The van der Waals surface area contributed by atoms with Gasteiger partial charge in [-0.2, -0.15) is 13.2 Å². The van der Waals surface area contributed by atoms with Gasteiger partial charge in [0.15, 0.2) is 0 Å². The lowest BCUT2D eigenvalue weighted by atomic mass is 10.1. The Balaban J connectivity index is 1.52. The number of rotatable bonds is 4. The van der Waals surface area contributed by atoms with Crippen LogP contribution >= 0.6 is 0 Å². The van der Waals surface area contributed by atoms with Gasteiger partial charge in [0.1, 0.15) is 0 Å². The summed E-state index contributed by atoms with van der Waals surface area (Å²) < 4.78 is 38.3. The van der Waals surface area contributed by atoms with E-state index in [4.69, 9.17) is 0 Å². The third kappa shape index (κ3) is 4.55. The lowest BCUT2D eigenvalue weighted by Gasteiger charge is -2.34. The highest BCUT2D eigenvalue weighted by molar-refractivity contribution is 5.25. The fraction of sp³-hybridized carbons (Fsp3) is 0.389. The van der Waals surface area contributed by atoms with E-state index in [0.717, 1.165) is 38.8 Å². The zero-order valence-electron chi connectivity index (χ0n) is 13.3. The zero-order chi connectivity index (χ0) is 17.0. The predicted octanol–water partition coefficient (Wildman–Crippen LogP) is 3.42. The minimum Gasteiger partial charge on any atom is -0.297 e. The number of pyridine rings is 1. The molecule has 0 unspecified atom stereocenters. The van der Waals surface area contributed by atoms with Crippen molar-refractivity contribution in [1.82, 2.24) is 14.8 Å². The van der Waals surface area contributed by atoms with E-state index in [-0.39, 0.29) is 0 Å². The molecule has 0 amide bonds. The van der Waals surface area contributed by atoms with Crippen LogP contribution in [0.4, 0.5) is 13.2 Å². The molecule has 1 fully saturated rings. The summed E-state index contributed by atoms with van der Waals surface area (Å²) in [4.78, 5) is 8.58. The van der Waals surface area contributed by atoms with Crippen molar-refractivity contribution in [3.8, 4) is 0 Å². The van der Waals surface area contributed by atoms with Crippen LogP contribution in [0.25, 0.3) is 0 Å². The summed E-state index contributed by atoms with van der Waals surface area (Å²) in [6.45, 7) is 5.01. The second-order valence-corrected chi connectivity index (χ2v) is 6.11. The Bertz CT molecular complexity index is 650. The van der Waals surface area contributed by atoms with E-state index in [1.54, 1.807) is 18.5 Å². The van der Waals surface area contributed by atoms with Crippen molar-refractivity contribution in [2.75, 3.05) is 26.2 Å². The second kappa shape index (κ2) is 7.32. The minimum absolute atomic E-state index is 0.563. The Morgan fingerprint density at radius 1 is 0.833 bits per heavy atom. The lowest BCUT2D eigenvalue weighted by Crippen LogP contribution is -2.45. The van der Waals surface area contributed by atoms with Crippen LogP contribution in [0.1, 0.15) is 16.7 Å². The summed E-state index contributed by atoms with van der Waals surface area (Å²) in [6.07, 6.45) is -0.697. The van der Waals surface area contributed by atoms with Crippen molar-refractivity contribution in [3.63, 3.8) is 0 Å². The lowest BCUT2D eigenvalue weighted by molar-refractivity contribution is -0.137. The molecule has 1 aromatic carbocycles. The molecule has 2 heterocycles. The molecule has 6 heteroatoms. The van der Waals surface area contributed by atoms with Crippen molar-refractivity contribution in [2.24, 2.45) is 0 Å². The normalized spacial score (nSPS) is 17.1. The Kier molecular flexibility index (Phi) is 5.16. The first-order valence-electron chi connectivity index (χ1n) is 8.00. The molecule has 0 N–H and O–H groups in total. The van der Waals surface area contributed by atoms with Crippen LogP contribution in [0.5, 0.6) is 0 Å². The Hall–Kier alpha value is -1.92. The van der Waals surface area contributed by atoms with E-state index in [2.05, 4.69) is 14.8 Å². The zero-order valence-corrected chi connectivity index (χ0v) is 13.3. The fourth-order valence-electron chi connectivity index (χ4n) is 2.96. The second-order valence-electron chi connectivity index (χ2n) is 6.11. The highest BCUT2D eigenvalue weighted by Crippen LogP contribution is 2.29. The van der Waals surface area contributed by atoms with Gasteiger partial charge in [-0.05, 0) is 29.3 Å². The number of hydrogen-bond acceptors (Lipinski definition) is 3. The smallest absolute Gasteiger partial charge is 0.297 e. The van der Waals surface area contributed by atoms with Gasteiger partial charge in [-0.25, -0.2) is 0 Å². The van der Waals surface area contributed by atoms with Crippen molar-refractivity contribution in [2.45, 2.75) is 19.3 Å². The molecular weight excluding hydrogens is 315 g/mol. The molecule has 0 spiro atoms. The molecule has 1 aliphatic rings. The number of benzene rings is 1. The highest BCUT2D eigenvalue weighted by Gasteiger charge is 2.30. The number of aromatic nitrogens is 1. The summed E-state index contributed by atoms with van der Waals surface area (Å²) in [7, 11) is 0. The van der Waals surface area contributed by atoms with Crippen LogP contribution in [-0.2, 0) is 19.3 Å². The predicted molar refractivity (Wildman–Crippen MR) is 86.2 cm³/mol. The maximum Gasteiger partial charge on any atom is 0.416 e. The van der Waals surface area contributed by atoms with Crippen LogP contribution in [0.3, 0.4) is 0 Å². The third-order valence-corrected chi connectivity index (χ3v) is 4.28. The van der Waals surface area contributed by atoms with E-state index in [9.17, 15) is 13.2 Å². The van der Waals surface area contributed by atoms with E-state index in [1.165, 1.54) is 17.7 Å². The Morgan fingerprint density at radius 3 is 2.00 bits per heavy atom. The molecule has 1 saturated heterocycles. The van der Waals surface area contributed by atoms with Gasteiger partial charge in [-0.1, -0.05) is 18.2 Å². The average molecular weight is 335 g/mol. The third-order valence-electron chi connectivity index (χ3n) is 4.28. The first-order valence-corrected chi connectivity index (χ1v) is 8.00. The molecule has 24 heavy (non-hydrogen) atoms. The van der Waals surface area contributed by atoms with Gasteiger partial charge in [-0.3, -0.25) is 14.8 Å². The topological polar surface area (TPSA) is 19.4 Å². The van der Waals surface area contributed by atoms with Crippen molar-refractivity contribution < 1.29 is 13.2 Å². The van der Waals surface area contributed by atoms with Crippen LogP contribution in [0.15, 0.2) is 48.8 Å². The summed E-state index contributed by atoms with van der Waals surface area (Å²) in [5, 5.41) is 0. The van der Waals surface area contributed by atoms with E-state index < -0.39 is 11.7 Å². The number of piperazine rings is 1. The molecule has 2 aromatic rings. The Morgan fingerprint density at radius 2 is 1.42 bits per heavy atom. The van der Waals surface area contributed by atoms with Crippen molar-refractivity contribution >= 4 is 0 Å². The molecule has 1 aliphatic heterocycles. The monoisotopic (exact) mass is 335 g/mol. The molecule has 3 rings (SSSR count). The van der Waals surface area contributed by atoms with Gasteiger partial charge in [-0.15, -0.1) is 0 Å². The Labute approximate surface area is 139 Å². The molecule has 0 bridgehead atoms. The standard InChI is InChI=1S/C18H20F3N3/c19-18(20,21)17-3-1-2-16(12-17)14-24-10-8-23(9-11-24)13-15-4-6-22-7-5-15/h1-7,12H,8-11,13-14H2. The van der Waals surface area contributed by atoms with Gasteiger partial charge in [0.25, 0.3) is 0 Å². The van der Waals surface area contributed by atoms with Gasteiger partial charge < -0.3 is 0 Å². The minimum atomic E-state index is -4.28. The van der Waals surface area contributed by atoms with Gasteiger partial charge in [0, 0.05) is 51.7 Å². The van der Waals surface area contributed by atoms with Crippen molar-refractivity contribution in [1.29, 1.82) is 0 Å². The van der Waals surface area contributed by atoms with Crippen LogP contribution in [0, 0.1) is 0 Å². The summed E-state index contributed by atoms with van der Waals surface area (Å²) >= 11 is 0. The maximum atomic E-state index is 12.8. The maximum absolute atomic E-state index is 12.8. The average Bonchev–Trinajstić information content (AvgIpc) is 2.57. The molecule has 128 valence electrons. The first-order chi connectivity index (χ1) is 11.5. The SMILES string of the molecule is FC(F)(F)c1cccc(CN2CCN(Cc3ccncc3)CC2)c1. The van der Waals surface area contributed by atoms with E-state index >= 15 is 0 Å². The van der Waals surface area contributed by atoms with Gasteiger partial charge in [0.05, 0.1) is 5.56 Å².